The fraction of sp³-hybridized carbons (Fsp3) is 0.364. The Labute approximate surface area is 193 Å². The molecular weight excluding hydrogens is 459 g/mol. The minimum atomic E-state index is -3.35. The van der Waals surface area contributed by atoms with Crippen LogP contribution >= 0.6 is 23.2 Å². The average molecular weight is 485 g/mol. The van der Waals surface area contributed by atoms with Crippen molar-refractivity contribution in [2.45, 2.75) is 50.3 Å². The van der Waals surface area contributed by atoms with Crippen LogP contribution in [0.1, 0.15) is 55.8 Å². The molecule has 6 nitrogen and oxygen atoms in total. The van der Waals surface area contributed by atoms with E-state index in [4.69, 9.17) is 23.2 Å². The molecular formula is C22H26Cl2N2O4S. The number of hydrogen-bond donors (Lipinski definition) is 2. The highest BCUT2D eigenvalue weighted by molar-refractivity contribution is 7.90. The Kier molecular flexibility index (Phi) is 9.34. The van der Waals surface area contributed by atoms with Crippen LogP contribution in [0, 0.1) is 0 Å². The first-order chi connectivity index (χ1) is 14.6. The second-order valence-corrected chi connectivity index (χ2v) is 10.1. The molecule has 0 aliphatic rings. The lowest BCUT2D eigenvalue weighted by molar-refractivity contribution is -0.116. The molecule has 9 heteroatoms. The van der Waals surface area contributed by atoms with Crippen molar-refractivity contribution in [3.05, 3.63) is 52.0 Å². The minimum absolute atomic E-state index is 0.116. The van der Waals surface area contributed by atoms with Crippen molar-refractivity contribution >= 4 is 56.2 Å². The van der Waals surface area contributed by atoms with E-state index in [1.165, 1.54) is 42.8 Å². The largest absolute Gasteiger partial charge is 0.326 e. The number of hydrogen-bond acceptors (Lipinski definition) is 4. The molecule has 0 aliphatic carbocycles. The van der Waals surface area contributed by atoms with Crippen molar-refractivity contribution in [2.24, 2.45) is 0 Å². The number of rotatable bonds is 10. The average Bonchev–Trinajstić information content (AvgIpc) is 2.70. The summed E-state index contributed by atoms with van der Waals surface area (Å²) in [7, 11) is -3.35. The molecule has 0 aromatic heterocycles. The van der Waals surface area contributed by atoms with Crippen LogP contribution < -0.4 is 10.6 Å². The van der Waals surface area contributed by atoms with Crippen molar-refractivity contribution < 1.29 is 18.0 Å². The molecule has 31 heavy (non-hydrogen) atoms. The lowest BCUT2D eigenvalue weighted by Gasteiger charge is -2.13. The van der Waals surface area contributed by atoms with Crippen LogP contribution in [0.3, 0.4) is 0 Å². The van der Waals surface area contributed by atoms with Crippen LogP contribution in [-0.2, 0) is 14.6 Å². The smallest absolute Gasteiger partial charge is 0.255 e. The van der Waals surface area contributed by atoms with Crippen LogP contribution in [0.2, 0.25) is 10.0 Å². The molecule has 2 aromatic rings. The van der Waals surface area contributed by atoms with Crippen LogP contribution in [-0.4, -0.2) is 26.5 Å². The van der Waals surface area contributed by atoms with E-state index in [9.17, 15) is 18.0 Å². The predicted molar refractivity (Wildman–Crippen MR) is 126 cm³/mol. The summed E-state index contributed by atoms with van der Waals surface area (Å²) in [6.07, 6.45) is 6.78. The summed E-state index contributed by atoms with van der Waals surface area (Å²) < 4.78 is 23.1. The molecule has 0 fully saturated rings. The number of anilines is 2. The highest BCUT2D eigenvalue weighted by atomic mass is 35.5. The van der Waals surface area contributed by atoms with Gasteiger partial charge < -0.3 is 10.6 Å². The van der Waals surface area contributed by atoms with Gasteiger partial charge in [0.15, 0.2) is 9.84 Å². The van der Waals surface area contributed by atoms with Gasteiger partial charge in [-0.2, -0.15) is 0 Å². The van der Waals surface area contributed by atoms with E-state index in [-0.39, 0.29) is 32.1 Å². The third-order valence-electron chi connectivity index (χ3n) is 4.62. The Hall–Kier alpha value is -2.09. The second-order valence-electron chi connectivity index (χ2n) is 7.28. The highest BCUT2D eigenvalue weighted by Crippen LogP contribution is 2.34. The van der Waals surface area contributed by atoms with Crippen LogP contribution in [0.25, 0.3) is 0 Å². The van der Waals surface area contributed by atoms with Gasteiger partial charge in [0.1, 0.15) is 0 Å². The fourth-order valence-electron chi connectivity index (χ4n) is 2.92. The van der Waals surface area contributed by atoms with Crippen molar-refractivity contribution in [1.82, 2.24) is 0 Å². The summed E-state index contributed by atoms with van der Waals surface area (Å²) in [5, 5.41) is 5.74. The second kappa shape index (κ2) is 11.5. The van der Waals surface area contributed by atoms with Gasteiger partial charge in [-0.3, -0.25) is 9.59 Å². The van der Waals surface area contributed by atoms with Gasteiger partial charge in [0.25, 0.3) is 5.91 Å². The maximum absolute atomic E-state index is 12.5. The molecule has 2 aromatic carbocycles. The van der Waals surface area contributed by atoms with E-state index in [0.29, 0.717) is 12.1 Å². The Balaban J connectivity index is 2.01. The molecule has 0 atom stereocenters. The monoisotopic (exact) mass is 484 g/mol. The SMILES string of the molecule is CCCCCCCC(=O)Nc1cc(Cl)c(NC(=O)c2ccc(S(C)(=O)=O)cc2)c(Cl)c1. The van der Waals surface area contributed by atoms with E-state index in [1.54, 1.807) is 0 Å². The first kappa shape index (κ1) is 25.2. The fourth-order valence-corrected chi connectivity index (χ4v) is 4.13. The number of benzene rings is 2. The van der Waals surface area contributed by atoms with Crippen LogP contribution in [0.4, 0.5) is 11.4 Å². The summed E-state index contributed by atoms with van der Waals surface area (Å²) in [6.45, 7) is 2.14. The summed E-state index contributed by atoms with van der Waals surface area (Å²) in [5.74, 6) is -0.612. The molecule has 0 spiro atoms. The molecule has 0 bridgehead atoms. The molecule has 0 aliphatic heterocycles. The highest BCUT2D eigenvalue weighted by Gasteiger charge is 2.15. The number of carbonyl (C=O) groups excluding carboxylic acids is 2. The molecule has 0 saturated heterocycles. The molecule has 0 saturated carbocycles. The zero-order valence-corrected chi connectivity index (χ0v) is 19.8. The third kappa shape index (κ3) is 7.83. The van der Waals surface area contributed by atoms with Gasteiger partial charge in [-0.25, -0.2) is 8.42 Å². The van der Waals surface area contributed by atoms with Crippen LogP contribution in [0.15, 0.2) is 41.3 Å². The van der Waals surface area contributed by atoms with Crippen molar-refractivity contribution in [3.63, 3.8) is 0 Å². The van der Waals surface area contributed by atoms with Gasteiger partial charge in [-0.15, -0.1) is 0 Å². The lowest BCUT2D eigenvalue weighted by Crippen LogP contribution is -2.14. The predicted octanol–water partition coefficient (Wildman–Crippen LogP) is 5.95. The summed E-state index contributed by atoms with van der Waals surface area (Å²) in [4.78, 5) is 24.7. The summed E-state index contributed by atoms with van der Waals surface area (Å²) in [6, 6.07) is 8.56. The van der Waals surface area contributed by atoms with E-state index in [0.717, 1.165) is 31.9 Å². The zero-order chi connectivity index (χ0) is 23.0. The van der Waals surface area contributed by atoms with E-state index >= 15 is 0 Å². The molecule has 0 radical (unpaired) electrons. The molecule has 2 N–H and O–H groups in total. The molecule has 2 amide bonds. The topological polar surface area (TPSA) is 92.3 Å². The number of nitrogens with one attached hydrogen (secondary N) is 2. The van der Waals surface area contributed by atoms with Gasteiger partial charge in [-0.1, -0.05) is 55.8 Å². The maximum atomic E-state index is 12.5. The molecule has 2 rings (SSSR count). The van der Waals surface area contributed by atoms with Crippen molar-refractivity contribution in [2.75, 3.05) is 16.9 Å². The Bertz CT molecular complexity index is 1010. The first-order valence-electron chi connectivity index (χ1n) is 10.0. The Morgan fingerprint density at radius 2 is 1.48 bits per heavy atom. The zero-order valence-electron chi connectivity index (χ0n) is 17.5. The number of sulfone groups is 1. The molecule has 0 unspecified atom stereocenters. The van der Waals surface area contributed by atoms with Gasteiger partial charge in [0, 0.05) is 23.9 Å². The summed E-state index contributed by atoms with van der Waals surface area (Å²) >= 11 is 12.5. The van der Waals surface area contributed by atoms with Crippen LogP contribution in [0.5, 0.6) is 0 Å². The number of amides is 2. The minimum Gasteiger partial charge on any atom is -0.326 e. The first-order valence-corrected chi connectivity index (χ1v) is 12.7. The number of unbranched alkanes of at least 4 members (excludes halogenated alkanes) is 4. The lowest BCUT2D eigenvalue weighted by atomic mass is 10.1. The van der Waals surface area contributed by atoms with Gasteiger partial charge >= 0.3 is 0 Å². The van der Waals surface area contributed by atoms with Crippen molar-refractivity contribution in [1.29, 1.82) is 0 Å². The molecule has 0 heterocycles. The number of carbonyl (C=O) groups is 2. The van der Waals surface area contributed by atoms with Gasteiger partial charge in [0.05, 0.1) is 20.6 Å². The summed E-state index contributed by atoms with van der Waals surface area (Å²) in [5.41, 5.74) is 0.905. The Morgan fingerprint density at radius 1 is 0.903 bits per heavy atom. The third-order valence-corrected chi connectivity index (χ3v) is 6.34. The van der Waals surface area contributed by atoms with E-state index in [2.05, 4.69) is 17.6 Å². The quantitative estimate of drug-likeness (QED) is 0.407. The van der Waals surface area contributed by atoms with E-state index < -0.39 is 15.7 Å². The standard InChI is InChI=1S/C22H26Cl2N2O4S/c1-3-4-5-6-7-8-20(27)25-16-13-18(23)21(19(24)14-16)26-22(28)15-9-11-17(12-10-15)31(2,29)30/h9-14H,3-8H2,1-2H3,(H,25,27)(H,26,28). The normalized spacial score (nSPS) is 11.2. The van der Waals surface area contributed by atoms with Crippen molar-refractivity contribution in [3.8, 4) is 0 Å². The van der Waals surface area contributed by atoms with Gasteiger partial charge in [0.2, 0.25) is 5.91 Å². The molecule has 168 valence electrons. The number of halogens is 2. The van der Waals surface area contributed by atoms with E-state index in [1.807, 2.05) is 0 Å². The maximum Gasteiger partial charge on any atom is 0.255 e. The Morgan fingerprint density at radius 3 is 2.03 bits per heavy atom. The van der Waals surface area contributed by atoms with Gasteiger partial charge in [-0.05, 0) is 42.8 Å².